The molecule has 100 valence electrons. The number of pyridine rings is 1. The summed E-state index contributed by atoms with van der Waals surface area (Å²) in [6, 6.07) is 11.5. The highest BCUT2D eigenvalue weighted by molar-refractivity contribution is 6.32. The van der Waals surface area contributed by atoms with E-state index >= 15 is 0 Å². The lowest BCUT2D eigenvalue weighted by Crippen LogP contribution is -2.06. The minimum Gasteiger partial charge on any atom is -0.492 e. The summed E-state index contributed by atoms with van der Waals surface area (Å²) in [7, 11) is 0. The quantitative estimate of drug-likeness (QED) is 0.911. The number of hydrogen-bond acceptors (Lipinski definition) is 3. The second kappa shape index (κ2) is 6.55. The maximum absolute atomic E-state index is 6.16. The van der Waals surface area contributed by atoms with Crippen LogP contribution in [0, 0.1) is 0 Å². The number of aromatic nitrogens is 1. The van der Waals surface area contributed by atoms with Crippen molar-refractivity contribution in [1.82, 2.24) is 4.98 Å². The molecule has 0 saturated heterocycles. The van der Waals surface area contributed by atoms with Crippen molar-refractivity contribution in [3.63, 3.8) is 0 Å². The van der Waals surface area contributed by atoms with Gasteiger partial charge in [-0.2, -0.15) is 0 Å². The second-order valence-electron chi connectivity index (χ2n) is 4.40. The molecule has 0 aliphatic rings. The van der Waals surface area contributed by atoms with Crippen molar-refractivity contribution in [3.05, 3.63) is 58.9 Å². The van der Waals surface area contributed by atoms with Crippen LogP contribution < -0.4 is 10.5 Å². The first-order chi connectivity index (χ1) is 9.16. The molecule has 0 unspecified atom stereocenters. The van der Waals surface area contributed by atoms with Crippen LogP contribution in [0.15, 0.2) is 42.6 Å². The van der Waals surface area contributed by atoms with E-state index in [0.29, 0.717) is 17.4 Å². The molecule has 1 atom stereocenters. The minimum atomic E-state index is -0.0277. The predicted octanol–water partition coefficient (Wildman–Crippen LogP) is 3.38. The Labute approximate surface area is 118 Å². The van der Waals surface area contributed by atoms with Gasteiger partial charge < -0.3 is 10.5 Å². The average Bonchev–Trinajstić information content (AvgIpc) is 2.41. The highest BCUT2D eigenvalue weighted by atomic mass is 35.5. The summed E-state index contributed by atoms with van der Waals surface area (Å²) in [5, 5.41) is 0.593. The fraction of sp³-hybridized carbons (Fsp3) is 0.267. The summed E-state index contributed by atoms with van der Waals surface area (Å²) in [4.78, 5) is 4.24. The smallest absolute Gasteiger partial charge is 0.137 e. The zero-order valence-corrected chi connectivity index (χ0v) is 11.6. The summed E-state index contributed by atoms with van der Waals surface area (Å²) in [6.45, 7) is 2.47. The Morgan fingerprint density at radius 2 is 2.16 bits per heavy atom. The van der Waals surface area contributed by atoms with Crippen LogP contribution in [0.25, 0.3) is 0 Å². The van der Waals surface area contributed by atoms with Crippen molar-refractivity contribution in [2.75, 3.05) is 6.61 Å². The zero-order valence-electron chi connectivity index (χ0n) is 10.8. The summed E-state index contributed by atoms with van der Waals surface area (Å²) in [6.07, 6.45) is 2.53. The van der Waals surface area contributed by atoms with Crippen LogP contribution in [0.5, 0.6) is 5.75 Å². The number of benzene rings is 1. The molecule has 0 aliphatic carbocycles. The molecule has 0 aliphatic heterocycles. The summed E-state index contributed by atoms with van der Waals surface area (Å²) in [5.41, 5.74) is 7.81. The second-order valence-corrected chi connectivity index (χ2v) is 4.81. The maximum atomic E-state index is 6.16. The molecule has 2 N–H and O–H groups in total. The van der Waals surface area contributed by atoms with E-state index in [1.807, 2.05) is 43.3 Å². The van der Waals surface area contributed by atoms with Gasteiger partial charge in [-0.25, -0.2) is 0 Å². The van der Waals surface area contributed by atoms with Gasteiger partial charge in [-0.05, 0) is 36.8 Å². The number of halogens is 1. The average molecular weight is 277 g/mol. The van der Waals surface area contributed by atoms with E-state index in [0.717, 1.165) is 17.7 Å². The van der Waals surface area contributed by atoms with Gasteiger partial charge in [0, 0.05) is 24.4 Å². The highest BCUT2D eigenvalue weighted by Crippen LogP contribution is 2.27. The normalized spacial score (nSPS) is 12.2. The van der Waals surface area contributed by atoms with E-state index in [1.54, 1.807) is 6.20 Å². The summed E-state index contributed by atoms with van der Waals surface area (Å²) >= 11 is 6.16. The Morgan fingerprint density at radius 1 is 1.32 bits per heavy atom. The van der Waals surface area contributed by atoms with Gasteiger partial charge in [0.1, 0.15) is 5.75 Å². The molecule has 0 saturated carbocycles. The molecule has 3 nitrogen and oxygen atoms in total. The Bertz CT molecular complexity index is 529. The summed E-state index contributed by atoms with van der Waals surface area (Å²) < 4.78 is 5.66. The van der Waals surface area contributed by atoms with Crippen LogP contribution in [-0.4, -0.2) is 11.6 Å². The standard InChI is InChI=1S/C15H17ClN2O/c1-11(17)12-5-6-15(14(16)10-12)19-9-7-13-4-2-3-8-18-13/h2-6,8,10-11H,7,9,17H2,1H3/t11-/m1/s1. The van der Waals surface area contributed by atoms with Crippen LogP contribution in [0.1, 0.15) is 24.2 Å². The van der Waals surface area contributed by atoms with Crippen LogP contribution in [-0.2, 0) is 6.42 Å². The van der Waals surface area contributed by atoms with Crippen molar-refractivity contribution in [3.8, 4) is 5.75 Å². The number of nitrogens with two attached hydrogens (primary N) is 1. The third-order valence-electron chi connectivity index (χ3n) is 2.82. The Balaban J connectivity index is 1.93. The van der Waals surface area contributed by atoms with E-state index in [1.165, 1.54) is 0 Å². The lowest BCUT2D eigenvalue weighted by Gasteiger charge is -2.11. The minimum absolute atomic E-state index is 0.0277. The summed E-state index contributed by atoms with van der Waals surface area (Å²) in [5.74, 6) is 0.682. The lowest BCUT2D eigenvalue weighted by molar-refractivity contribution is 0.320. The van der Waals surface area contributed by atoms with Crippen molar-refractivity contribution in [1.29, 1.82) is 0 Å². The van der Waals surface area contributed by atoms with E-state index in [9.17, 15) is 0 Å². The fourth-order valence-corrected chi connectivity index (χ4v) is 1.97. The predicted molar refractivity (Wildman–Crippen MR) is 77.5 cm³/mol. The largest absolute Gasteiger partial charge is 0.492 e. The Morgan fingerprint density at radius 3 is 2.79 bits per heavy atom. The topological polar surface area (TPSA) is 48.1 Å². The lowest BCUT2D eigenvalue weighted by atomic mass is 10.1. The molecule has 1 aromatic carbocycles. The van der Waals surface area contributed by atoms with Crippen LogP contribution in [0.3, 0.4) is 0 Å². The van der Waals surface area contributed by atoms with Gasteiger partial charge in [0.15, 0.2) is 0 Å². The van der Waals surface area contributed by atoms with Crippen molar-refractivity contribution in [2.24, 2.45) is 5.73 Å². The van der Waals surface area contributed by atoms with Crippen molar-refractivity contribution < 1.29 is 4.74 Å². The molecule has 4 heteroatoms. The van der Waals surface area contributed by atoms with Gasteiger partial charge in [-0.1, -0.05) is 23.7 Å². The molecule has 0 fully saturated rings. The van der Waals surface area contributed by atoms with Gasteiger partial charge in [0.2, 0.25) is 0 Å². The first-order valence-electron chi connectivity index (χ1n) is 6.24. The third-order valence-corrected chi connectivity index (χ3v) is 3.12. The molecule has 0 spiro atoms. The SMILES string of the molecule is C[C@@H](N)c1ccc(OCCc2ccccn2)c(Cl)c1. The van der Waals surface area contributed by atoms with Crippen LogP contribution in [0.2, 0.25) is 5.02 Å². The number of hydrogen-bond donors (Lipinski definition) is 1. The number of nitrogens with zero attached hydrogens (tertiary/aromatic N) is 1. The van der Waals surface area contributed by atoms with Gasteiger partial charge in [-0.15, -0.1) is 0 Å². The molecule has 1 aromatic heterocycles. The van der Waals surface area contributed by atoms with Crippen molar-refractivity contribution in [2.45, 2.75) is 19.4 Å². The highest BCUT2D eigenvalue weighted by Gasteiger charge is 2.06. The molecule has 19 heavy (non-hydrogen) atoms. The fourth-order valence-electron chi connectivity index (χ4n) is 1.73. The first-order valence-corrected chi connectivity index (χ1v) is 6.62. The third kappa shape index (κ3) is 3.94. The van der Waals surface area contributed by atoms with Gasteiger partial charge >= 0.3 is 0 Å². The number of ether oxygens (including phenoxy) is 1. The molecule has 2 aromatic rings. The van der Waals surface area contributed by atoms with E-state index in [4.69, 9.17) is 22.1 Å². The maximum Gasteiger partial charge on any atom is 0.137 e. The zero-order chi connectivity index (χ0) is 13.7. The van der Waals surface area contributed by atoms with Gasteiger partial charge in [0.05, 0.1) is 11.6 Å². The van der Waals surface area contributed by atoms with Gasteiger partial charge in [-0.3, -0.25) is 4.98 Å². The van der Waals surface area contributed by atoms with E-state index in [2.05, 4.69) is 4.98 Å². The molecule has 1 heterocycles. The Hall–Kier alpha value is -1.58. The van der Waals surface area contributed by atoms with E-state index in [-0.39, 0.29) is 6.04 Å². The van der Waals surface area contributed by atoms with E-state index < -0.39 is 0 Å². The first kappa shape index (κ1) is 13.8. The van der Waals surface area contributed by atoms with Crippen LogP contribution in [0.4, 0.5) is 0 Å². The Kier molecular flexibility index (Phi) is 4.77. The molecular weight excluding hydrogens is 260 g/mol. The molecule has 0 bridgehead atoms. The molecule has 2 rings (SSSR count). The van der Waals surface area contributed by atoms with Crippen molar-refractivity contribution >= 4 is 11.6 Å². The van der Waals surface area contributed by atoms with Crippen LogP contribution >= 0.6 is 11.6 Å². The molecule has 0 radical (unpaired) electrons. The van der Waals surface area contributed by atoms with Gasteiger partial charge in [0.25, 0.3) is 0 Å². The number of rotatable bonds is 5. The molecule has 0 amide bonds. The monoisotopic (exact) mass is 276 g/mol. The molecular formula is C15H17ClN2O.